The smallest absolute Gasteiger partial charge is 0.305 e. The summed E-state index contributed by atoms with van der Waals surface area (Å²) in [5, 5.41) is 12.3. The maximum absolute atomic E-state index is 14.0. The van der Waals surface area contributed by atoms with Crippen LogP contribution in [0, 0.1) is 17.8 Å². The molecule has 4 rings (SSSR count). The van der Waals surface area contributed by atoms with Gasteiger partial charge in [0.05, 0.1) is 6.42 Å². The van der Waals surface area contributed by atoms with Gasteiger partial charge < -0.3 is 15.3 Å². The molecule has 1 spiro atoms. The largest absolute Gasteiger partial charge is 0.481 e. The number of rotatable bonds is 8. The summed E-state index contributed by atoms with van der Waals surface area (Å²) in [6.45, 7) is 6.99. The Morgan fingerprint density at radius 1 is 1.13 bits per heavy atom. The Balaban J connectivity index is 1.66. The van der Waals surface area contributed by atoms with Crippen molar-refractivity contribution in [2.45, 2.75) is 58.7 Å². The van der Waals surface area contributed by atoms with Gasteiger partial charge in [-0.15, -0.1) is 0 Å². The van der Waals surface area contributed by atoms with E-state index in [0.29, 0.717) is 45.3 Å². The van der Waals surface area contributed by atoms with Crippen LogP contribution < -0.4 is 5.32 Å². The van der Waals surface area contributed by atoms with Crippen LogP contribution in [-0.4, -0.2) is 45.7 Å². The second-order valence-electron chi connectivity index (χ2n) is 10.7. The quantitative estimate of drug-likeness (QED) is 0.427. The van der Waals surface area contributed by atoms with E-state index in [1.165, 1.54) is 0 Å². The van der Waals surface area contributed by atoms with Gasteiger partial charge in [0.2, 0.25) is 0 Å². The van der Waals surface area contributed by atoms with Crippen LogP contribution in [0.25, 0.3) is 0 Å². The van der Waals surface area contributed by atoms with Gasteiger partial charge in [-0.1, -0.05) is 62.5 Å². The highest BCUT2D eigenvalue weighted by Gasteiger charge is 2.54. The molecular weight excluding hydrogens is 525 g/mol. The summed E-state index contributed by atoms with van der Waals surface area (Å²) in [5.74, 6) is -0.546. The topological polar surface area (TPSA) is 99.1 Å². The zero-order chi connectivity index (χ0) is 27.6. The molecule has 1 heterocycles. The molecule has 1 aliphatic carbocycles. The molecule has 2 aromatic rings. The second kappa shape index (κ2) is 11.5. The molecule has 9 heteroatoms. The number of benzene rings is 2. The van der Waals surface area contributed by atoms with Crippen molar-refractivity contribution >= 4 is 46.7 Å². The van der Waals surface area contributed by atoms with E-state index in [-0.39, 0.29) is 30.7 Å². The number of carboxylic acid groups (broad SMARTS) is 1. The van der Waals surface area contributed by atoms with Gasteiger partial charge in [0.15, 0.2) is 0 Å². The van der Waals surface area contributed by atoms with Crippen molar-refractivity contribution in [3.63, 3.8) is 0 Å². The minimum Gasteiger partial charge on any atom is -0.481 e. The molecular formula is C29H33Cl2N3O4. The normalized spacial score (nSPS) is 23.2. The number of amides is 2. The molecule has 0 radical (unpaired) electrons. The maximum atomic E-state index is 14.0. The minimum absolute atomic E-state index is 0.0587. The molecule has 7 nitrogen and oxygen atoms in total. The summed E-state index contributed by atoms with van der Waals surface area (Å²) >= 11 is 12.6. The van der Waals surface area contributed by atoms with Gasteiger partial charge in [-0.25, -0.2) is 0 Å². The predicted octanol–water partition coefficient (Wildman–Crippen LogP) is 5.82. The van der Waals surface area contributed by atoms with Crippen molar-refractivity contribution in [1.29, 1.82) is 0 Å². The maximum Gasteiger partial charge on any atom is 0.305 e. The summed E-state index contributed by atoms with van der Waals surface area (Å²) in [6, 6.07) is 12.2. The van der Waals surface area contributed by atoms with Gasteiger partial charge in [0, 0.05) is 40.2 Å². The van der Waals surface area contributed by atoms with Crippen LogP contribution in [0.3, 0.4) is 0 Å². The van der Waals surface area contributed by atoms with E-state index in [0.717, 1.165) is 24.8 Å². The van der Waals surface area contributed by atoms with Crippen LogP contribution in [0.5, 0.6) is 0 Å². The first-order chi connectivity index (χ1) is 18.0. The number of hydrogen-bond acceptors (Lipinski definition) is 4. The molecule has 0 saturated heterocycles. The molecule has 3 atom stereocenters. The van der Waals surface area contributed by atoms with Crippen LogP contribution in [0.2, 0.25) is 10.0 Å². The van der Waals surface area contributed by atoms with E-state index in [4.69, 9.17) is 33.3 Å². The van der Waals surface area contributed by atoms with Crippen molar-refractivity contribution in [2.24, 2.45) is 22.7 Å². The van der Waals surface area contributed by atoms with E-state index in [9.17, 15) is 14.4 Å². The monoisotopic (exact) mass is 557 g/mol. The standard InChI is InChI=1S/C29H33Cl2N3O4/c1-17(2)24-9-4-18(3)15-29(24)33-26(21-12-22(30)14-23(31)13-21)28(38)34(29)16-19-5-7-20(8-6-19)27(37)32-11-10-25(35)36/h5-8,12-14,17-18,24H,4,9-11,15-16H2,1-3H3,(H,32,37)(H,35,36). The molecule has 0 bridgehead atoms. The van der Waals surface area contributed by atoms with E-state index in [1.807, 2.05) is 17.0 Å². The Bertz CT molecular complexity index is 1240. The van der Waals surface area contributed by atoms with Gasteiger partial charge in [0.25, 0.3) is 11.8 Å². The molecule has 1 fully saturated rings. The van der Waals surface area contributed by atoms with Gasteiger partial charge in [-0.05, 0) is 60.6 Å². The molecule has 1 aliphatic heterocycles. The van der Waals surface area contributed by atoms with E-state index < -0.39 is 11.6 Å². The Hall–Kier alpha value is -2.90. The summed E-state index contributed by atoms with van der Waals surface area (Å²) < 4.78 is 0. The molecule has 0 aromatic heterocycles. The van der Waals surface area contributed by atoms with Crippen LogP contribution >= 0.6 is 23.2 Å². The average molecular weight is 559 g/mol. The molecule has 2 amide bonds. The van der Waals surface area contributed by atoms with E-state index in [1.54, 1.807) is 30.3 Å². The lowest BCUT2D eigenvalue weighted by Gasteiger charge is -2.49. The zero-order valence-electron chi connectivity index (χ0n) is 21.8. The molecule has 1 saturated carbocycles. The molecule has 38 heavy (non-hydrogen) atoms. The number of carbonyl (C=O) groups excluding carboxylic acids is 2. The number of hydrogen-bond donors (Lipinski definition) is 2. The summed E-state index contributed by atoms with van der Waals surface area (Å²) in [4.78, 5) is 44.2. The molecule has 3 unspecified atom stereocenters. The highest BCUT2D eigenvalue weighted by atomic mass is 35.5. The molecule has 2 aliphatic rings. The highest BCUT2D eigenvalue weighted by Crippen LogP contribution is 2.49. The fraction of sp³-hybridized carbons (Fsp3) is 0.448. The third kappa shape index (κ3) is 5.89. The first kappa shape index (κ1) is 28.1. The Labute approximate surface area is 233 Å². The van der Waals surface area contributed by atoms with Crippen molar-refractivity contribution < 1.29 is 19.5 Å². The van der Waals surface area contributed by atoms with Crippen molar-refractivity contribution in [2.75, 3.05) is 6.54 Å². The Kier molecular flexibility index (Phi) is 8.48. The molecule has 2 aromatic carbocycles. The Morgan fingerprint density at radius 3 is 2.39 bits per heavy atom. The number of nitrogens with zero attached hydrogens (tertiary/aromatic N) is 2. The zero-order valence-corrected chi connectivity index (χ0v) is 23.4. The lowest BCUT2D eigenvalue weighted by Crippen LogP contribution is -2.55. The second-order valence-corrected chi connectivity index (χ2v) is 11.6. The number of carboxylic acids is 1. The van der Waals surface area contributed by atoms with E-state index >= 15 is 0 Å². The van der Waals surface area contributed by atoms with Crippen LogP contribution in [0.4, 0.5) is 0 Å². The summed E-state index contributed by atoms with van der Waals surface area (Å²) in [5.41, 5.74) is 1.62. The average Bonchev–Trinajstić information content (AvgIpc) is 3.09. The lowest BCUT2D eigenvalue weighted by atomic mass is 9.69. The third-order valence-corrected chi connectivity index (χ3v) is 7.99. The van der Waals surface area contributed by atoms with Crippen molar-refractivity contribution in [3.05, 3.63) is 69.2 Å². The summed E-state index contributed by atoms with van der Waals surface area (Å²) in [7, 11) is 0. The van der Waals surface area contributed by atoms with Crippen LogP contribution in [0.15, 0.2) is 47.5 Å². The number of carbonyl (C=O) groups is 3. The molecule has 2 N–H and O–H groups in total. The van der Waals surface area contributed by atoms with Crippen molar-refractivity contribution in [3.8, 4) is 0 Å². The fourth-order valence-electron chi connectivity index (χ4n) is 5.79. The van der Waals surface area contributed by atoms with Gasteiger partial charge in [-0.3, -0.25) is 19.4 Å². The first-order valence-corrected chi connectivity index (χ1v) is 13.7. The minimum atomic E-state index is -0.969. The number of aliphatic carboxylic acids is 1. The number of halogens is 2. The highest BCUT2D eigenvalue weighted by molar-refractivity contribution is 6.47. The Morgan fingerprint density at radius 2 is 1.79 bits per heavy atom. The summed E-state index contributed by atoms with van der Waals surface area (Å²) in [6.07, 6.45) is 2.69. The number of nitrogens with one attached hydrogen (secondary N) is 1. The van der Waals surface area contributed by atoms with E-state index in [2.05, 4.69) is 26.1 Å². The fourth-order valence-corrected chi connectivity index (χ4v) is 6.32. The van der Waals surface area contributed by atoms with Gasteiger partial charge in [0.1, 0.15) is 11.4 Å². The van der Waals surface area contributed by atoms with Gasteiger partial charge in [-0.2, -0.15) is 0 Å². The lowest BCUT2D eigenvalue weighted by molar-refractivity contribution is -0.137. The van der Waals surface area contributed by atoms with Crippen LogP contribution in [0.1, 0.15) is 67.9 Å². The van der Waals surface area contributed by atoms with Crippen LogP contribution in [-0.2, 0) is 16.1 Å². The first-order valence-electron chi connectivity index (χ1n) is 13.0. The molecule has 202 valence electrons. The SMILES string of the molecule is CC1CCC(C(C)C)C2(C1)N=C(c1cc(Cl)cc(Cl)c1)C(=O)N2Cc1ccc(C(=O)NCCC(=O)O)cc1. The van der Waals surface area contributed by atoms with Crippen molar-refractivity contribution in [1.82, 2.24) is 10.2 Å². The van der Waals surface area contributed by atoms with Gasteiger partial charge >= 0.3 is 5.97 Å². The third-order valence-electron chi connectivity index (χ3n) is 7.56. The predicted molar refractivity (Wildman–Crippen MR) is 149 cm³/mol. The number of aliphatic imine (C=N–C) groups is 1.